The zero-order valence-corrected chi connectivity index (χ0v) is 14.5. The van der Waals surface area contributed by atoms with Crippen molar-refractivity contribution < 1.29 is 14.3 Å². The number of benzene rings is 2. The van der Waals surface area contributed by atoms with Crippen LogP contribution < -0.4 is 15.4 Å². The molecular formula is C20H19N3O3. The first kappa shape index (κ1) is 17.3. The summed E-state index contributed by atoms with van der Waals surface area (Å²) < 4.78 is 5.28. The number of hydrogen-bond donors (Lipinski definition) is 3. The number of aromatic amines is 1. The molecule has 0 saturated heterocycles. The molecule has 1 heterocycles. The number of carbonyl (C=O) groups is 2. The summed E-state index contributed by atoms with van der Waals surface area (Å²) in [6.07, 6.45) is 0. The van der Waals surface area contributed by atoms with Gasteiger partial charge in [0.15, 0.2) is 0 Å². The molecule has 0 bridgehead atoms. The van der Waals surface area contributed by atoms with Gasteiger partial charge in [-0.25, -0.2) is 0 Å². The van der Waals surface area contributed by atoms with E-state index in [1.807, 2.05) is 36.4 Å². The van der Waals surface area contributed by atoms with Crippen molar-refractivity contribution in [3.8, 4) is 17.0 Å². The first-order valence-electron chi connectivity index (χ1n) is 8.08. The molecule has 6 nitrogen and oxygen atoms in total. The maximum absolute atomic E-state index is 12.6. The second-order valence-electron chi connectivity index (χ2n) is 5.70. The highest BCUT2D eigenvalue weighted by Gasteiger charge is 2.13. The van der Waals surface area contributed by atoms with E-state index in [9.17, 15) is 9.59 Å². The number of carbonyl (C=O) groups excluding carboxylic acids is 2. The molecule has 132 valence electrons. The number of anilines is 2. The fourth-order valence-corrected chi connectivity index (χ4v) is 2.59. The summed E-state index contributed by atoms with van der Waals surface area (Å²) in [4.78, 5) is 26.9. The lowest BCUT2D eigenvalue weighted by molar-refractivity contribution is -0.114. The Morgan fingerprint density at radius 3 is 2.42 bits per heavy atom. The van der Waals surface area contributed by atoms with Crippen LogP contribution in [0.1, 0.15) is 17.4 Å². The Kier molecular flexibility index (Phi) is 5.03. The highest BCUT2D eigenvalue weighted by molar-refractivity contribution is 6.04. The highest BCUT2D eigenvalue weighted by Crippen LogP contribution is 2.28. The lowest BCUT2D eigenvalue weighted by Crippen LogP contribution is -2.14. The zero-order chi connectivity index (χ0) is 18.5. The molecule has 0 fully saturated rings. The average molecular weight is 349 g/mol. The molecule has 3 N–H and O–H groups in total. The van der Waals surface area contributed by atoms with Gasteiger partial charge in [0.05, 0.1) is 12.8 Å². The van der Waals surface area contributed by atoms with Gasteiger partial charge in [-0.15, -0.1) is 0 Å². The van der Waals surface area contributed by atoms with E-state index < -0.39 is 0 Å². The molecule has 0 aliphatic carbocycles. The second kappa shape index (κ2) is 7.57. The van der Waals surface area contributed by atoms with Crippen molar-refractivity contribution in [1.82, 2.24) is 4.98 Å². The summed E-state index contributed by atoms with van der Waals surface area (Å²) in [5.74, 6) is 0.0112. The van der Waals surface area contributed by atoms with Gasteiger partial charge in [0.25, 0.3) is 5.91 Å². The van der Waals surface area contributed by atoms with Crippen LogP contribution in [-0.2, 0) is 4.79 Å². The molecule has 6 heteroatoms. The van der Waals surface area contributed by atoms with Gasteiger partial charge in [0, 0.05) is 18.3 Å². The van der Waals surface area contributed by atoms with E-state index >= 15 is 0 Å². The summed E-state index contributed by atoms with van der Waals surface area (Å²) in [5.41, 5.74) is 3.33. The summed E-state index contributed by atoms with van der Waals surface area (Å²) >= 11 is 0. The van der Waals surface area contributed by atoms with E-state index in [1.54, 1.807) is 24.3 Å². The van der Waals surface area contributed by atoms with Crippen LogP contribution in [0.25, 0.3) is 11.3 Å². The van der Waals surface area contributed by atoms with Crippen LogP contribution in [0.5, 0.6) is 5.75 Å². The molecule has 0 aliphatic heterocycles. The fraction of sp³-hybridized carbons (Fsp3) is 0.100. The number of aromatic nitrogens is 1. The van der Waals surface area contributed by atoms with E-state index in [1.165, 1.54) is 14.0 Å². The Labute approximate surface area is 151 Å². The van der Waals surface area contributed by atoms with Gasteiger partial charge in [0.1, 0.15) is 11.4 Å². The summed E-state index contributed by atoms with van der Waals surface area (Å²) in [5, 5.41) is 5.49. The Hall–Kier alpha value is -3.54. The van der Waals surface area contributed by atoms with Gasteiger partial charge in [0.2, 0.25) is 5.91 Å². The number of rotatable bonds is 5. The van der Waals surface area contributed by atoms with Crippen LogP contribution in [0.4, 0.5) is 11.4 Å². The minimum atomic E-state index is -0.301. The van der Waals surface area contributed by atoms with Crippen LogP contribution in [0.2, 0.25) is 0 Å². The fourth-order valence-electron chi connectivity index (χ4n) is 2.59. The monoisotopic (exact) mass is 349 g/mol. The number of H-pyrrole nitrogens is 1. The second-order valence-corrected chi connectivity index (χ2v) is 5.70. The predicted octanol–water partition coefficient (Wildman–Crippen LogP) is 3.90. The van der Waals surface area contributed by atoms with Crippen molar-refractivity contribution in [2.24, 2.45) is 0 Å². The van der Waals surface area contributed by atoms with Gasteiger partial charge in [-0.3, -0.25) is 9.59 Å². The summed E-state index contributed by atoms with van der Waals surface area (Å²) in [6, 6.07) is 18.4. The lowest BCUT2D eigenvalue weighted by Gasteiger charge is -2.12. The molecular weight excluding hydrogens is 330 g/mol. The van der Waals surface area contributed by atoms with Crippen molar-refractivity contribution >= 4 is 23.2 Å². The molecule has 0 aliphatic rings. The molecule has 2 amide bonds. The number of hydrogen-bond acceptors (Lipinski definition) is 3. The Morgan fingerprint density at radius 1 is 0.962 bits per heavy atom. The molecule has 0 unspecified atom stereocenters. The van der Waals surface area contributed by atoms with E-state index in [2.05, 4.69) is 15.6 Å². The molecule has 26 heavy (non-hydrogen) atoms. The first-order valence-corrected chi connectivity index (χ1v) is 8.08. The van der Waals surface area contributed by atoms with Crippen molar-refractivity contribution in [2.45, 2.75) is 6.92 Å². The topological polar surface area (TPSA) is 83.2 Å². The Bertz CT molecular complexity index is 932. The van der Waals surface area contributed by atoms with Gasteiger partial charge < -0.3 is 20.4 Å². The molecule has 2 aromatic carbocycles. The number of amides is 2. The Morgan fingerprint density at radius 2 is 1.73 bits per heavy atom. The largest absolute Gasteiger partial charge is 0.495 e. The van der Waals surface area contributed by atoms with Gasteiger partial charge in [-0.2, -0.15) is 0 Å². The van der Waals surface area contributed by atoms with E-state index in [4.69, 9.17) is 4.74 Å². The zero-order valence-electron chi connectivity index (χ0n) is 14.5. The molecule has 0 atom stereocenters. The number of methoxy groups -OCH3 is 1. The minimum Gasteiger partial charge on any atom is -0.495 e. The SMILES string of the molecule is COc1ccc(NC(C)=O)cc1NC(=O)c1ccc(-c2ccccc2)[nH]1. The number of ether oxygens (including phenoxy) is 1. The summed E-state index contributed by atoms with van der Waals surface area (Å²) in [6.45, 7) is 1.42. The van der Waals surface area contributed by atoms with Crippen molar-refractivity contribution in [2.75, 3.05) is 17.7 Å². The van der Waals surface area contributed by atoms with Crippen LogP contribution in [-0.4, -0.2) is 23.9 Å². The van der Waals surface area contributed by atoms with Crippen LogP contribution in [0.3, 0.4) is 0 Å². The van der Waals surface area contributed by atoms with Gasteiger partial charge >= 0.3 is 0 Å². The van der Waals surface area contributed by atoms with E-state index in [0.717, 1.165) is 11.3 Å². The van der Waals surface area contributed by atoms with Crippen LogP contribution >= 0.6 is 0 Å². The molecule has 0 radical (unpaired) electrons. The van der Waals surface area contributed by atoms with E-state index in [0.29, 0.717) is 22.8 Å². The summed E-state index contributed by atoms with van der Waals surface area (Å²) in [7, 11) is 1.52. The maximum atomic E-state index is 12.6. The molecule has 3 rings (SSSR count). The quantitative estimate of drug-likeness (QED) is 0.653. The number of nitrogens with one attached hydrogen (secondary N) is 3. The minimum absolute atomic E-state index is 0.190. The first-order chi connectivity index (χ1) is 12.6. The lowest BCUT2D eigenvalue weighted by atomic mass is 10.2. The van der Waals surface area contributed by atoms with E-state index in [-0.39, 0.29) is 11.8 Å². The third kappa shape index (κ3) is 3.92. The molecule has 0 spiro atoms. The maximum Gasteiger partial charge on any atom is 0.272 e. The van der Waals surface area contributed by atoms with Crippen molar-refractivity contribution in [3.05, 3.63) is 66.4 Å². The molecule has 0 saturated carbocycles. The Balaban J connectivity index is 1.81. The smallest absolute Gasteiger partial charge is 0.272 e. The molecule has 3 aromatic rings. The van der Waals surface area contributed by atoms with Gasteiger partial charge in [-0.1, -0.05) is 30.3 Å². The van der Waals surface area contributed by atoms with Crippen molar-refractivity contribution in [1.29, 1.82) is 0 Å². The highest BCUT2D eigenvalue weighted by atomic mass is 16.5. The van der Waals surface area contributed by atoms with Crippen LogP contribution in [0.15, 0.2) is 60.7 Å². The van der Waals surface area contributed by atoms with Gasteiger partial charge in [-0.05, 0) is 35.9 Å². The standard InChI is InChI=1S/C20H19N3O3/c1-13(24)21-15-8-11-19(26-2)18(12-15)23-20(25)17-10-9-16(22-17)14-6-4-3-5-7-14/h3-12,22H,1-2H3,(H,21,24)(H,23,25). The normalized spacial score (nSPS) is 10.2. The third-order valence-corrected chi connectivity index (χ3v) is 3.78. The predicted molar refractivity (Wildman–Crippen MR) is 101 cm³/mol. The van der Waals surface area contributed by atoms with Crippen LogP contribution in [0, 0.1) is 0 Å². The third-order valence-electron chi connectivity index (χ3n) is 3.78. The average Bonchev–Trinajstić information content (AvgIpc) is 3.12. The van der Waals surface area contributed by atoms with Crippen molar-refractivity contribution in [3.63, 3.8) is 0 Å². The molecule has 1 aromatic heterocycles.